The van der Waals surface area contributed by atoms with Crippen LogP contribution in [-0.2, 0) is 9.53 Å². The van der Waals surface area contributed by atoms with E-state index in [1.54, 1.807) is 55.6 Å². The zero-order chi connectivity index (χ0) is 20.9. The molecule has 0 aliphatic carbocycles. The number of carbonyl (C=O) groups excluding carboxylic acids is 2. The van der Waals surface area contributed by atoms with Crippen molar-refractivity contribution in [2.45, 2.75) is 25.7 Å². The number of rotatable bonds is 12. The number of unbranched alkanes of at least 4 members (excludes halogenated alkanes) is 3. The lowest BCUT2D eigenvalue weighted by Gasteiger charge is -2.08. The van der Waals surface area contributed by atoms with E-state index in [1.807, 2.05) is 0 Å². The van der Waals surface area contributed by atoms with Crippen LogP contribution in [0.2, 0.25) is 0 Å². The minimum absolute atomic E-state index is 0.385. The van der Waals surface area contributed by atoms with Crippen molar-refractivity contribution in [3.8, 4) is 17.2 Å². The van der Waals surface area contributed by atoms with Crippen molar-refractivity contribution in [1.29, 1.82) is 0 Å². The molecule has 0 heterocycles. The standard InChI is InChI=1S/C23H26O6/c1-3-22(24)28-17-7-5-4-6-16-27-20-10-8-18(9-11-20)23(25)29-21-14-12-19(26-2)13-15-21/h3,8-15H,1,4-7,16-17H2,2H3. The topological polar surface area (TPSA) is 71.1 Å². The van der Waals surface area contributed by atoms with E-state index < -0.39 is 5.97 Å². The Labute approximate surface area is 171 Å². The van der Waals surface area contributed by atoms with E-state index in [4.69, 9.17) is 18.9 Å². The van der Waals surface area contributed by atoms with Crippen molar-refractivity contribution in [3.63, 3.8) is 0 Å². The lowest BCUT2D eigenvalue weighted by atomic mass is 10.2. The molecule has 0 N–H and O–H groups in total. The summed E-state index contributed by atoms with van der Waals surface area (Å²) < 4.78 is 21.0. The van der Waals surface area contributed by atoms with Crippen LogP contribution in [0.3, 0.4) is 0 Å². The highest BCUT2D eigenvalue weighted by Crippen LogP contribution is 2.19. The van der Waals surface area contributed by atoms with E-state index in [-0.39, 0.29) is 5.97 Å². The zero-order valence-electron chi connectivity index (χ0n) is 16.6. The first-order valence-electron chi connectivity index (χ1n) is 9.50. The summed E-state index contributed by atoms with van der Waals surface area (Å²) in [6.07, 6.45) is 4.83. The molecule has 154 valence electrons. The molecule has 0 atom stereocenters. The van der Waals surface area contributed by atoms with Gasteiger partial charge in [0.25, 0.3) is 0 Å². The van der Waals surface area contributed by atoms with Gasteiger partial charge in [-0.1, -0.05) is 6.58 Å². The summed E-state index contributed by atoms with van der Waals surface area (Å²) >= 11 is 0. The first-order valence-corrected chi connectivity index (χ1v) is 9.50. The molecule has 0 saturated carbocycles. The lowest BCUT2D eigenvalue weighted by molar-refractivity contribution is -0.137. The molecule has 0 amide bonds. The molecule has 29 heavy (non-hydrogen) atoms. The largest absolute Gasteiger partial charge is 0.497 e. The van der Waals surface area contributed by atoms with Crippen molar-refractivity contribution in [3.05, 3.63) is 66.7 Å². The summed E-state index contributed by atoms with van der Waals surface area (Å²) in [5.74, 6) is 1.03. The first kappa shape index (κ1) is 22.0. The summed E-state index contributed by atoms with van der Waals surface area (Å²) in [4.78, 5) is 23.1. The van der Waals surface area contributed by atoms with Crippen molar-refractivity contribution in [1.82, 2.24) is 0 Å². The van der Waals surface area contributed by atoms with Crippen LogP contribution in [0.1, 0.15) is 36.0 Å². The highest BCUT2D eigenvalue weighted by Gasteiger charge is 2.09. The molecule has 2 aromatic rings. The average Bonchev–Trinajstić information content (AvgIpc) is 2.76. The molecular weight excluding hydrogens is 372 g/mol. The number of esters is 2. The molecule has 0 bridgehead atoms. The van der Waals surface area contributed by atoms with Gasteiger partial charge in [0, 0.05) is 6.08 Å². The van der Waals surface area contributed by atoms with Gasteiger partial charge in [0.15, 0.2) is 0 Å². The van der Waals surface area contributed by atoms with Gasteiger partial charge in [-0.2, -0.15) is 0 Å². The molecule has 0 saturated heterocycles. The van der Waals surface area contributed by atoms with E-state index in [2.05, 4.69) is 6.58 Å². The van der Waals surface area contributed by atoms with Crippen LogP contribution in [-0.4, -0.2) is 32.3 Å². The molecule has 6 nitrogen and oxygen atoms in total. The Morgan fingerprint density at radius 2 is 1.41 bits per heavy atom. The van der Waals surface area contributed by atoms with Crippen LogP contribution in [0, 0.1) is 0 Å². The van der Waals surface area contributed by atoms with Gasteiger partial charge in [-0.05, 0) is 74.2 Å². The predicted molar refractivity (Wildman–Crippen MR) is 110 cm³/mol. The number of carbonyl (C=O) groups is 2. The van der Waals surface area contributed by atoms with Gasteiger partial charge < -0.3 is 18.9 Å². The number of ether oxygens (including phenoxy) is 4. The Hall–Kier alpha value is -3.28. The maximum atomic E-state index is 12.2. The van der Waals surface area contributed by atoms with Crippen molar-refractivity contribution in [2.75, 3.05) is 20.3 Å². The highest BCUT2D eigenvalue weighted by molar-refractivity contribution is 5.91. The fourth-order valence-electron chi connectivity index (χ4n) is 2.48. The van der Waals surface area contributed by atoms with Gasteiger partial charge in [-0.25, -0.2) is 9.59 Å². The molecule has 0 unspecified atom stereocenters. The number of hydrogen-bond donors (Lipinski definition) is 0. The SMILES string of the molecule is C=CC(=O)OCCCCCCOc1ccc(C(=O)Oc2ccc(OC)cc2)cc1. The molecule has 6 heteroatoms. The maximum Gasteiger partial charge on any atom is 0.343 e. The summed E-state index contributed by atoms with van der Waals surface area (Å²) in [5, 5.41) is 0. The van der Waals surface area contributed by atoms with E-state index in [9.17, 15) is 9.59 Å². The molecule has 0 aliphatic heterocycles. The normalized spacial score (nSPS) is 10.1. The minimum atomic E-state index is -0.432. The van der Waals surface area contributed by atoms with Crippen LogP contribution < -0.4 is 14.2 Å². The Bertz CT molecular complexity index is 780. The van der Waals surface area contributed by atoms with E-state index >= 15 is 0 Å². The van der Waals surface area contributed by atoms with Crippen molar-refractivity contribution >= 4 is 11.9 Å². The molecule has 0 aromatic heterocycles. The Morgan fingerprint density at radius 1 is 0.828 bits per heavy atom. The fourth-order valence-corrected chi connectivity index (χ4v) is 2.48. The van der Waals surface area contributed by atoms with Crippen LogP contribution in [0.15, 0.2) is 61.2 Å². The third-order valence-electron chi connectivity index (χ3n) is 4.08. The zero-order valence-corrected chi connectivity index (χ0v) is 16.6. The second kappa shape index (κ2) is 12.2. The van der Waals surface area contributed by atoms with E-state index in [0.717, 1.165) is 31.8 Å². The quantitative estimate of drug-likeness (QED) is 0.226. The molecule has 0 radical (unpaired) electrons. The van der Waals surface area contributed by atoms with Crippen LogP contribution in [0.5, 0.6) is 17.2 Å². The van der Waals surface area contributed by atoms with Crippen LogP contribution in [0.4, 0.5) is 0 Å². The number of methoxy groups -OCH3 is 1. The smallest absolute Gasteiger partial charge is 0.343 e. The molecule has 2 aromatic carbocycles. The first-order chi connectivity index (χ1) is 14.1. The van der Waals surface area contributed by atoms with Gasteiger partial charge in [-0.15, -0.1) is 0 Å². The third-order valence-corrected chi connectivity index (χ3v) is 4.08. The van der Waals surface area contributed by atoms with Gasteiger partial charge in [0.2, 0.25) is 0 Å². The number of benzene rings is 2. The highest BCUT2D eigenvalue weighted by atomic mass is 16.5. The predicted octanol–water partition coefficient (Wildman–Crippen LogP) is 4.58. The maximum absolute atomic E-state index is 12.2. The van der Waals surface area contributed by atoms with Gasteiger partial charge in [0.1, 0.15) is 17.2 Å². The summed E-state index contributed by atoms with van der Waals surface area (Å²) in [6, 6.07) is 13.7. The lowest BCUT2D eigenvalue weighted by Crippen LogP contribution is -2.08. The minimum Gasteiger partial charge on any atom is -0.497 e. The summed E-state index contributed by atoms with van der Waals surface area (Å²) in [7, 11) is 1.58. The van der Waals surface area contributed by atoms with E-state index in [0.29, 0.717) is 36.0 Å². The Kier molecular flexibility index (Phi) is 9.29. The van der Waals surface area contributed by atoms with Gasteiger partial charge in [0.05, 0.1) is 25.9 Å². The van der Waals surface area contributed by atoms with Crippen molar-refractivity contribution in [2.24, 2.45) is 0 Å². The van der Waals surface area contributed by atoms with Crippen LogP contribution in [0.25, 0.3) is 0 Å². The number of hydrogen-bond acceptors (Lipinski definition) is 6. The van der Waals surface area contributed by atoms with Gasteiger partial charge >= 0.3 is 11.9 Å². The average molecular weight is 398 g/mol. The second-order valence-electron chi connectivity index (χ2n) is 6.22. The molecule has 0 aliphatic rings. The van der Waals surface area contributed by atoms with Crippen LogP contribution >= 0.6 is 0 Å². The Morgan fingerprint density at radius 3 is 2.03 bits per heavy atom. The van der Waals surface area contributed by atoms with Crippen molar-refractivity contribution < 1.29 is 28.5 Å². The van der Waals surface area contributed by atoms with Gasteiger partial charge in [-0.3, -0.25) is 0 Å². The molecule has 0 fully saturated rings. The monoisotopic (exact) mass is 398 g/mol. The molecule has 2 rings (SSSR count). The molecule has 0 spiro atoms. The third kappa shape index (κ3) is 8.09. The fraction of sp³-hybridized carbons (Fsp3) is 0.304. The van der Waals surface area contributed by atoms with E-state index in [1.165, 1.54) is 0 Å². The summed E-state index contributed by atoms with van der Waals surface area (Å²) in [5.41, 5.74) is 0.447. The molecular formula is C23H26O6. The second-order valence-corrected chi connectivity index (χ2v) is 6.22. The Balaban J connectivity index is 1.65. The summed E-state index contributed by atoms with van der Waals surface area (Å²) in [6.45, 7) is 4.35.